The van der Waals surface area contributed by atoms with Gasteiger partial charge < -0.3 is 10.1 Å². The standard InChI is InChI=1S/C14H20N2O2/c1-3-10-15-14(17)16(11-7-12-18-2)13-8-5-4-6-9-13/h3-6,8-9H,1,7,10-12H2,2H3,(H,15,17). The van der Waals surface area contributed by atoms with Crippen molar-refractivity contribution in [2.75, 3.05) is 31.7 Å². The van der Waals surface area contributed by atoms with E-state index in [1.807, 2.05) is 30.3 Å². The maximum atomic E-state index is 12.0. The van der Waals surface area contributed by atoms with Crippen molar-refractivity contribution in [1.82, 2.24) is 5.32 Å². The molecule has 0 bridgehead atoms. The molecule has 98 valence electrons. The maximum absolute atomic E-state index is 12.0. The lowest BCUT2D eigenvalue weighted by Gasteiger charge is -2.22. The minimum absolute atomic E-state index is 0.114. The van der Waals surface area contributed by atoms with E-state index in [1.165, 1.54) is 0 Å². The van der Waals surface area contributed by atoms with Gasteiger partial charge in [-0.2, -0.15) is 0 Å². The van der Waals surface area contributed by atoms with E-state index in [2.05, 4.69) is 11.9 Å². The number of carbonyl (C=O) groups excluding carboxylic acids is 1. The first kappa shape index (κ1) is 14.3. The Morgan fingerprint density at radius 1 is 1.44 bits per heavy atom. The Morgan fingerprint density at radius 3 is 2.78 bits per heavy atom. The van der Waals surface area contributed by atoms with Crippen molar-refractivity contribution in [1.29, 1.82) is 0 Å². The number of carbonyl (C=O) groups is 1. The highest BCUT2D eigenvalue weighted by Crippen LogP contribution is 2.13. The van der Waals surface area contributed by atoms with Gasteiger partial charge in [0.25, 0.3) is 0 Å². The fraction of sp³-hybridized carbons (Fsp3) is 0.357. The van der Waals surface area contributed by atoms with Gasteiger partial charge in [-0.25, -0.2) is 4.79 Å². The summed E-state index contributed by atoms with van der Waals surface area (Å²) in [7, 11) is 1.66. The van der Waals surface area contributed by atoms with Crippen LogP contribution in [0.3, 0.4) is 0 Å². The molecule has 0 aliphatic heterocycles. The van der Waals surface area contributed by atoms with Crippen molar-refractivity contribution in [3.05, 3.63) is 43.0 Å². The molecule has 0 radical (unpaired) electrons. The molecule has 0 aromatic heterocycles. The molecule has 18 heavy (non-hydrogen) atoms. The molecule has 2 amide bonds. The molecule has 1 rings (SSSR count). The highest BCUT2D eigenvalue weighted by Gasteiger charge is 2.13. The van der Waals surface area contributed by atoms with Crippen LogP contribution < -0.4 is 10.2 Å². The van der Waals surface area contributed by atoms with E-state index < -0.39 is 0 Å². The van der Waals surface area contributed by atoms with E-state index >= 15 is 0 Å². The van der Waals surface area contributed by atoms with E-state index in [0.717, 1.165) is 12.1 Å². The molecule has 0 saturated carbocycles. The molecular weight excluding hydrogens is 228 g/mol. The summed E-state index contributed by atoms with van der Waals surface area (Å²) in [5, 5.41) is 2.79. The SMILES string of the molecule is C=CCNC(=O)N(CCCOC)c1ccccc1. The predicted molar refractivity (Wildman–Crippen MR) is 73.9 cm³/mol. The molecule has 0 aliphatic carbocycles. The van der Waals surface area contributed by atoms with Crippen LogP contribution in [0.1, 0.15) is 6.42 Å². The topological polar surface area (TPSA) is 41.6 Å². The molecule has 0 heterocycles. The van der Waals surface area contributed by atoms with E-state index in [-0.39, 0.29) is 6.03 Å². The van der Waals surface area contributed by atoms with Gasteiger partial charge in [-0.05, 0) is 18.6 Å². The number of hydrogen-bond donors (Lipinski definition) is 1. The van der Waals surface area contributed by atoms with E-state index in [1.54, 1.807) is 18.1 Å². The average molecular weight is 248 g/mol. The maximum Gasteiger partial charge on any atom is 0.322 e. The zero-order valence-electron chi connectivity index (χ0n) is 10.8. The van der Waals surface area contributed by atoms with Crippen LogP contribution in [0.2, 0.25) is 0 Å². The second-order valence-electron chi connectivity index (χ2n) is 3.81. The number of ether oxygens (including phenoxy) is 1. The van der Waals surface area contributed by atoms with Crippen LogP contribution in [-0.2, 0) is 4.74 Å². The number of para-hydroxylation sites is 1. The van der Waals surface area contributed by atoms with Crippen LogP contribution in [0.25, 0.3) is 0 Å². The fourth-order valence-corrected chi connectivity index (χ4v) is 1.58. The molecule has 0 fully saturated rings. The summed E-state index contributed by atoms with van der Waals surface area (Å²) in [4.78, 5) is 13.7. The lowest BCUT2D eigenvalue weighted by molar-refractivity contribution is 0.195. The first-order valence-corrected chi connectivity index (χ1v) is 6.00. The monoisotopic (exact) mass is 248 g/mol. The Bertz CT molecular complexity index is 365. The van der Waals surface area contributed by atoms with Crippen LogP contribution in [-0.4, -0.2) is 32.8 Å². The van der Waals surface area contributed by atoms with Gasteiger partial charge in [0.05, 0.1) is 0 Å². The third-order valence-corrected chi connectivity index (χ3v) is 2.44. The molecule has 0 aliphatic rings. The number of anilines is 1. The lowest BCUT2D eigenvalue weighted by Crippen LogP contribution is -2.41. The lowest BCUT2D eigenvalue weighted by atomic mass is 10.3. The van der Waals surface area contributed by atoms with Crippen molar-refractivity contribution < 1.29 is 9.53 Å². The molecular formula is C14H20N2O2. The first-order valence-electron chi connectivity index (χ1n) is 6.00. The number of benzene rings is 1. The summed E-state index contributed by atoms with van der Waals surface area (Å²) >= 11 is 0. The van der Waals surface area contributed by atoms with Crippen LogP contribution >= 0.6 is 0 Å². The summed E-state index contributed by atoms with van der Waals surface area (Å²) < 4.78 is 5.01. The molecule has 0 saturated heterocycles. The minimum Gasteiger partial charge on any atom is -0.385 e. The largest absolute Gasteiger partial charge is 0.385 e. The van der Waals surface area contributed by atoms with E-state index in [9.17, 15) is 4.79 Å². The molecule has 1 aromatic carbocycles. The zero-order valence-corrected chi connectivity index (χ0v) is 10.8. The average Bonchev–Trinajstić information content (AvgIpc) is 2.42. The molecule has 4 heteroatoms. The molecule has 4 nitrogen and oxygen atoms in total. The van der Waals surface area contributed by atoms with Gasteiger partial charge in [0, 0.05) is 32.5 Å². The van der Waals surface area contributed by atoms with Crippen molar-refractivity contribution in [3.8, 4) is 0 Å². The summed E-state index contributed by atoms with van der Waals surface area (Å²) in [5.74, 6) is 0. The van der Waals surface area contributed by atoms with Gasteiger partial charge >= 0.3 is 6.03 Å². The number of nitrogens with one attached hydrogen (secondary N) is 1. The Morgan fingerprint density at radius 2 is 2.17 bits per heavy atom. The Kier molecular flexibility index (Phi) is 6.58. The molecule has 0 spiro atoms. The zero-order chi connectivity index (χ0) is 13.2. The van der Waals surface area contributed by atoms with Crippen LogP contribution in [0.5, 0.6) is 0 Å². The summed E-state index contributed by atoms with van der Waals surface area (Å²) in [5.41, 5.74) is 0.884. The van der Waals surface area contributed by atoms with Crippen molar-refractivity contribution in [3.63, 3.8) is 0 Å². The van der Waals surface area contributed by atoms with Crippen molar-refractivity contribution in [2.45, 2.75) is 6.42 Å². The quantitative estimate of drug-likeness (QED) is 0.595. The molecule has 1 aromatic rings. The number of rotatable bonds is 7. The molecule has 1 N–H and O–H groups in total. The van der Waals surface area contributed by atoms with Gasteiger partial charge in [0.2, 0.25) is 0 Å². The van der Waals surface area contributed by atoms with Gasteiger partial charge in [0.15, 0.2) is 0 Å². The summed E-state index contributed by atoms with van der Waals surface area (Å²) in [6, 6.07) is 9.48. The predicted octanol–water partition coefficient (Wildman–Crippen LogP) is 2.43. The van der Waals surface area contributed by atoms with E-state index in [4.69, 9.17) is 4.74 Å². The number of nitrogens with zero attached hydrogens (tertiary/aromatic N) is 1. The second kappa shape index (κ2) is 8.31. The fourth-order valence-electron chi connectivity index (χ4n) is 1.58. The van der Waals surface area contributed by atoms with E-state index in [0.29, 0.717) is 19.7 Å². The molecule has 0 unspecified atom stereocenters. The van der Waals surface area contributed by atoms with Crippen molar-refractivity contribution >= 4 is 11.7 Å². The Balaban J connectivity index is 2.68. The number of methoxy groups -OCH3 is 1. The smallest absolute Gasteiger partial charge is 0.322 e. The van der Waals surface area contributed by atoms with Crippen LogP contribution in [0, 0.1) is 0 Å². The minimum atomic E-state index is -0.114. The van der Waals surface area contributed by atoms with Gasteiger partial charge in [0.1, 0.15) is 0 Å². The van der Waals surface area contributed by atoms with Gasteiger partial charge in [-0.3, -0.25) is 4.90 Å². The number of urea groups is 1. The summed E-state index contributed by atoms with van der Waals surface area (Å²) in [6.45, 7) is 5.31. The van der Waals surface area contributed by atoms with Crippen molar-refractivity contribution in [2.24, 2.45) is 0 Å². The third-order valence-electron chi connectivity index (χ3n) is 2.44. The normalized spacial score (nSPS) is 9.83. The Labute approximate surface area is 108 Å². The van der Waals surface area contributed by atoms with Gasteiger partial charge in [-0.15, -0.1) is 6.58 Å². The van der Waals surface area contributed by atoms with Crippen LogP contribution in [0.15, 0.2) is 43.0 Å². The highest BCUT2D eigenvalue weighted by molar-refractivity contribution is 5.91. The first-order chi connectivity index (χ1) is 8.79. The highest BCUT2D eigenvalue weighted by atomic mass is 16.5. The second-order valence-corrected chi connectivity index (χ2v) is 3.81. The Hall–Kier alpha value is -1.81. The van der Waals surface area contributed by atoms with Crippen LogP contribution in [0.4, 0.5) is 10.5 Å². The number of amides is 2. The van der Waals surface area contributed by atoms with Gasteiger partial charge in [-0.1, -0.05) is 24.3 Å². The third kappa shape index (κ3) is 4.59. The summed E-state index contributed by atoms with van der Waals surface area (Å²) in [6.07, 6.45) is 2.46. The number of hydrogen-bond acceptors (Lipinski definition) is 2. The molecule has 0 atom stereocenters.